The van der Waals surface area contributed by atoms with Gasteiger partial charge >= 0.3 is 0 Å². The highest BCUT2D eigenvalue weighted by atomic mass is 32.2. The maximum Gasteiger partial charge on any atom is 0.220 e. The van der Waals surface area contributed by atoms with Gasteiger partial charge in [0.25, 0.3) is 0 Å². The Labute approximate surface area is 110 Å². The fourth-order valence-electron chi connectivity index (χ4n) is 1.40. The van der Waals surface area contributed by atoms with Crippen molar-refractivity contribution in [3.05, 3.63) is 0 Å². The van der Waals surface area contributed by atoms with Crippen molar-refractivity contribution in [2.24, 2.45) is 0 Å². The third kappa shape index (κ3) is 7.62. The van der Waals surface area contributed by atoms with Gasteiger partial charge in [0.15, 0.2) is 0 Å². The zero-order valence-electron chi connectivity index (χ0n) is 11.5. The molecule has 0 radical (unpaired) electrons. The van der Waals surface area contributed by atoms with E-state index >= 15 is 0 Å². The van der Waals surface area contributed by atoms with Crippen LogP contribution in [0.2, 0.25) is 0 Å². The number of carbonyl (C=O) groups is 1. The highest BCUT2D eigenvalue weighted by Gasteiger charge is 2.13. The van der Waals surface area contributed by atoms with Crippen LogP contribution in [0.4, 0.5) is 0 Å². The lowest BCUT2D eigenvalue weighted by Gasteiger charge is -2.15. The van der Waals surface area contributed by atoms with Crippen molar-refractivity contribution in [1.29, 1.82) is 0 Å². The molecule has 0 saturated carbocycles. The van der Waals surface area contributed by atoms with Gasteiger partial charge < -0.3 is 10.6 Å². The molecule has 0 aliphatic rings. The SMILES string of the molecule is CCS(=O)(=O)N(C)CCCNC(=O)CCCNC. The van der Waals surface area contributed by atoms with Gasteiger partial charge in [0.05, 0.1) is 5.75 Å². The standard InChI is InChI=1S/C11H25N3O3S/c1-4-18(16,17)14(3)10-6-9-13-11(15)7-5-8-12-2/h12H,4-10H2,1-3H3,(H,13,15). The average molecular weight is 279 g/mol. The second-order valence-corrected chi connectivity index (χ2v) is 6.50. The predicted molar refractivity (Wildman–Crippen MR) is 72.9 cm³/mol. The minimum Gasteiger partial charge on any atom is -0.356 e. The van der Waals surface area contributed by atoms with Crippen LogP contribution in [0.3, 0.4) is 0 Å². The monoisotopic (exact) mass is 279 g/mol. The molecule has 0 heterocycles. The first-order chi connectivity index (χ1) is 8.44. The summed E-state index contributed by atoms with van der Waals surface area (Å²) in [5.41, 5.74) is 0. The summed E-state index contributed by atoms with van der Waals surface area (Å²) in [5.74, 6) is 0.131. The molecule has 0 unspecified atom stereocenters. The lowest BCUT2D eigenvalue weighted by Crippen LogP contribution is -2.32. The number of nitrogens with zero attached hydrogens (tertiary/aromatic N) is 1. The van der Waals surface area contributed by atoms with Crippen LogP contribution in [-0.4, -0.2) is 58.1 Å². The van der Waals surface area contributed by atoms with Crippen LogP contribution in [0.1, 0.15) is 26.2 Å². The molecule has 108 valence electrons. The normalized spacial score (nSPS) is 11.8. The van der Waals surface area contributed by atoms with Gasteiger partial charge in [0, 0.05) is 26.6 Å². The topological polar surface area (TPSA) is 78.5 Å². The van der Waals surface area contributed by atoms with E-state index in [1.165, 1.54) is 4.31 Å². The van der Waals surface area contributed by atoms with Crippen molar-refractivity contribution in [1.82, 2.24) is 14.9 Å². The van der Waals surface area contributed by atoms with Crippen LogP contribution >= 0.6 is 0 Å². The van der Waals surface area contributed by atoms with Gasteiger partial charge in [-0.15, -0.1) is 0 Å². The molecule has 0 aliphatic carbocycles. The van der Waals surface area contributed by atoms with E-state index in [2.05, 4.69) is 10.6 Å². The summed E-state index contributed by atoms with van der Waals surface area (Å²) in [4.78, 5) is 11.3. The Bertz CT molecular complexity index is 330. The first-order valence-electron chi connectivity index (χ1n) is 6.29. The zero-order valence-corrected chi connectivity index (χ0v) is 12.3. The first-order valence-corrected chi connectivity index (χ1v) is 7.90. The third-order valence-corrected chi connectivity index (χ3v) is 4.50. The fraction of sp³-hybridized carbons (Fsp3) is 0.909. The van der Waals surface area contributed by atoms with Crippen molar-refractivity contribution < 1.29 is 13.2 Å². The minimum absolute atomic E-state index is 0.0197. The molecule has 7 heteroatoms. The number of carbonyl (C=O) groups excluding carboxylic acids is 1. The van der Waals surface area contributed by atoms with E-state index in [0.717, 1.165) is 13.0 Å². The summed E-state index contributed by atoms with van der Waals surface area (Å²) < 4.78 is 24.2. The fourth-order valence-corrected chi connectivity index (χ4v) is 2.25. The van der Waals surface area contributed by atoms with Crippen molar-refractivity contribution in [2.45, 2.75) is 26.2 Å². The van der Waals surface area contributed by atoms with Crippen LogP contribution in [0.15, 0.2) is 0 Å². The second-order valence-electron chi connectivity index (χ2n) is 4.13. The molecule has 0 saturated heterocycles. The molecule has 0 fully saturated rings. The van der Waals surface area contributed by atoms with Gasteiger partial charge in [-0.05, 0) is 33.4 Å². The predicted octanol–water partition coefficient (Wildman–Crippen LogP) is -0.226. The molecule has 0 aromatic rings. The highest BCUT2D eigenvalue weighted by Crippen LogP contribution is 1.98. The maximum absolute atomic E-state index is 11.4. The molecule has 0 bridgehead atoms. The van der Waals surface area contributed by atoms with Crippen molar-refractivity contribution in [3.8, 4) is 0 Å². The van der Waals surface area contributed by atoms with E-state index in [1.807, 2.05) is 7.05 Å². The maximum atomic E-state index is 11.4. The van der Waals surface area contributed by atoms with Crippen molar-refractivity contribution >= 4 is 15.9 Å². The van der Waals surface area contributed by atoms with Crippen molar-refractivity contribution in [3.63, 3.8) is 0 Å². The molecular weight excluding hydrogens is 254 g/mol. The lowest BCUT2D eigenvalue weighted by atomic mass is 10.3. The number of amides is 1. The Hall–Kier alpha value is -0.660. The summed E-state index contributed by atoms with van der Waals surface area (Å²) in [6.45, 7) is 3.40. The molecule has 0 aliphatic heterocycles. The van der Waals surface area contributed by atoms with Gasteiger partial charge in [0.1, 0.15) is 0 Å². The summed E-state index contributed by atoms with van der Waals surface area (Å²) in [7, 11) is 0.308. The molecular formula is C11H25N3O3S. The van der Waals surface area contributed by atoms with E-state index in [-0.39, 0.29) is 11.7 Å². The summed E-state index contributed by atoms with van der Waals surface area (Å²) in [6.07, 6.45) is 1.95. The van der Waals surface area contributed by atoms with Gasteiger partial charge in [-0.3, -0.25) is 4.79 Å². The van der Waals surface area contributed by atoms with Gasteiger partial charge in [-0.25, -0.2) is 12.7 Å². The summed E-state index contributed by atoms with van der Waals surface area (Å²) in [5, 5.41) is 5.75. The molecule has 0 aromatic heterocycles. The summed E-state index contributed by atoms with van der Waals surface area (Å²) in [6, 6.07) is 0. The van der Waals surface area contributed by atoms with Crippen LogP contribution in [0.5, 0.6) is 0 Å². The van der Waals surface area contributed by atoms with Gasteiger partial charge in [-0.2, -0.15) is 0 Å². The van der Waals surface area contributed by atoms with Crippen LogP contribution in [-0.2, 0) is 14.8 Å². The number of sulfonamides is 1. The largest absolute Gasteiger partial charge is 0.356 e. The van der Waals surface area contributed by atoms with E-state index in [9.17, 15) is 13.2 Å². The Balaban J connectivity index is 3.65. The van der Waals surface area contributed by atoms with Crippen molar-refractivity contribution in [2.75, 3.05) is 39.5 Å². The molecule has 0 spiro atoms. The summed E-state index contributed by atoms with van der Waals surface area (Å²) >= 11 is 0. The van der Waals surface area contributed by atoms with Crippen LogP contribution < -0.4 is 10.6 Å². The molecule has 1 amide bonds. The molecule has 2 N–H and O–H groups in total. The van der Waals surface area contributed by atoms with E-state index < -0.39 is 10.0 Å². The molecule has 0 rings (SSSR count). The second kappa shape index (κ2) is 9.29. The van der Waals surface area contributed by atoms with Crippen LogP contribution in [0, 0.1) is 0 Å². The Morgan fingerprint density at radius 3 is 2.44 bits per heavy atom. The smallest absolute Gasteiger partial charge is 0.220 e. The minimum atomic E-state index is -3.10. The number of hydrogen-bond acceptors (Lipinski definition) is 4. The van der Waals surface area contributed by atoms with Gasteiger partial charge in [0.2, 0.25) is 15.9 Å². The van der Waals surface area contributed by atoms with E-state index in [1.54, 1.807) is 14.0 Å². The highest BCUT2D eigenvalue weighted by molar-refractivity contribution is 7.89. The third-order valence-electron chi connectivity index (χ3n) is 2.64. The van der Waals surface area contributed by atoms with E-state index in [0.29, 0.717) is 25.9 Å². The average Bonchev–Trinajstić information content (AvgIpc) is 2.34. The number of nitrogens with one attached hydrogen (secondary N) is 2. The number of hydrogen-bond donors (Lipinski definition) is 2. The Morgan fingerprint density at radius 2 is 1.89 bits per heavy atom. The van der Waals surface area contributed by atoms with Gasteiger partial charge in [-0.1, -0.05) is 0 Å². The first kappa shape index (κ1) is 17.3. The molecule has 6 nitrogen and oxygen atoms in total. The number of rotatable bonds is 10. The lowest BCUT2D eigenvalue weighted by molar-refractivity contribution is -0.121. The molecule has 18 heavy (non-hydrogen) atoms. The van der Waals surface area contributed by atoms with Crippen LogP contribution in [0.25, 0.3) is 0 Å². The Kier molecular flexibility index (Phi) is 8.95. The van der Waals surface area contributed by atoms with E-state index in [4.69, 9.17) is 0 Å². The zero-order chi connectivity index (χ0) is 14.0. The Morgan fingerprint density at radius 1 is 1.22 bits per heavy atom. The molecule has 0 atom stereocenters. The molecule has 0 aromatic carbocycles. The quantitative estimate of drug-likeness (QED) is 0.542.